The molecule has 0 bridgehead atoms. The van der Waals surface area contributed by atoms with Crippen molar-refractivity contribution in [2.24, 2.45) is 0 Å². The van der Waals surface area contributed by atoms with E-state index < -0.39 is 5.60 Å². The highest BCUT2D eigenvalue weighted by molar-refractivity contribution is 6.31. The number of hydrogen-bond donors (Lipinski definition) is 2. The zero-order chi connectivity index (χ0) is 14.8. The van der Waals surface area contributed by atoms with Gasteiger partial charge in [0.15, 0.2) is 0 Å². The van der Waals surface area contributed by atoms with Gasteiger partial charge in [0.2, 0.25) is 0 Å². The first-order valence-corrected chi connectivity index (χ1v) is 8.05. The average Bonchev–Trinajstić information content (AvgIpc) is 2.81. The molecule has 0 unspecified atom stereocenters. The summed E-state index contributed by atoms with van der Waals surface area (Å²) in [5.41, 5.74) is -0.0366. The van der Waals surface area contributed by atoms with Crippen molar-refractivity contribution in [3.63, 3.8) is 0 Å². The summed E-state index contributed by atoms with van der Waals surface area (Å²) >= 11 is 6.27. The molecular formula is C15H26ClN3O. The monoisotopic (exact) mass is 299 g/mol. The molecule has 0 spiro atoms. The second-order valence-corrected chi connectivity index (χ2v) is 6.55. The number of rotatable bonds is 5. The summed E-state index contributed by atoms with van der Waals surface area (Å²) in [5.74, 6) is 0. The Morgan fingerprint density at radius 3 is 2.70 bits per heavy atom. The third-order valence-corrected chi connectivity index (χ3v) is 4.45. The van der Waals surface area contributed by atoms with Crippen LogP contribution in [-0.2, 0) is 5.60 Å². The minimum Gasteiger partial charge on any atom is -0.384 e. The van der Waals surface area contributed by atoms with Crippen LogP contribution in [0.4, 0.5) is 0 Å². The number of nitrogens with one attached hydrogen (secondary N) is 1. The zero-order valence-electron chi connectivity index (χ0n) is 12.7. The zero-order valence-corrected chi connectivity index (χ0v) is 13.5. The predicted octanol–water partition coefficient (Wildman–Crippen LogP) is 3.25. The van der Waals surface area contributed by atoms with Crippen LogP contribution in [0.5, 0.6) is 0 Å². The van der Waals surface area contributed by atoms with Crippen LogP contribution < -0.4 is 5.32 Å². The normalized spacial score (nSPS) is 27.2. The molecule has 1 fully saturated rings. The SMILES string of the molecule is CCCNC1CCC(O)(c2c(Cl)cnn2C(C)C)CC1. The van der Waals surface area contributed by atoms with Crippen LogP contribution >= 0.6 is 11.6 Å². The first-order chi connectivity index (χ1) is 9.48. The largest absolute Gasteiger partial charge is 0.384 e. The first-order valence-electron chi connectivity index (χ1n) is 7.67. The van der Waals surface area contributed by atoms with Crippen molar-refractivity contribution in [1.82, 2.24) is 15.1 Å². The molecule has 1 aliphatic rings. The van der Waals surface area contributed by atoms with E-state index in [2.05, 4.69) is 31.2 Å². The Morgan fingerprint density at radius 1 is 1.50 bits per heavy atom. The smallest absolute Gasteiger partial charge is 0.108 e. The fourth-order valence-electron chi connectivity index (χ4n) is 3.05. The molecule has 4 nitrogen and oxygen atoms in total. The maximum absolute atomic E-state index is 11.0. The lowest BCUT2D eigenvalue weighted by Crippen LogP contribution is -2.41. The van der Waals surface area contributed by atoms with Crippen LogP contribution in [0.1, 0.15) is 64.6 Å². The fraction of sp³-hybridized carbons (Fsp3) is 0.800. The van der Waals surface area contributed by atoms with Gasteiger partial charge in [-0.05, 0) is 52.5 Å². The molecule has 0 aliphatic heterocycles. The van der Waals surface area contributed by atoms with Gasteiger partial charge >= 0.3 is 0 Å². The highest BCUT2D eigenvalue weighted by atomic mass is 35.5. The topological polar surface area (TPSA) is 50.1 Å². The Bertz CT molecular complexity index is 436. The van der Waals surface area contributed by atoms with Gasteiger partial charge in [0.1, 0.15) is 5.60 Å². The Kier molecular flexibility index (Phi) is 5.10. The molecule has 1 aromatic heterocycles. The highest BCUT2D eigenvalue weighted by Crippen LogP contribution is 2.40. The summed E-state index contributed by atoms with van der Waals surface area (Å²) in [5, 5.41) is 19.4. The third-order valence-electron chi connectivity index (χ3n) is 4.18. The molecule has 1 aromatic rings. The van der Waals surface area contributed by atoms with Gasteiger partial charge in [-0.25, -0.2) is 0 Å². The van der Waals surface area contributed by atoms with Crippen molar-refractivity contribution in [1.29, 1.82) is 0 Å². The minimum atomic E-state index is -0.831. The summed E-state index contributed by atoms with van der Waals surface area (Å²) < 4.78 is 1.86. The van der Waals surface area contributed by atoms with Crippen molar-refractivity contribution in [3.8, 4) is 0 Å². The summed E-state index contributed by atoms with van der Waals surface area (Å²) in [7, 11) is 0. The van der Waals surface area contributed by atoms with Crippen molar-refractivity contribution in [2.75, 3.05) is 6.54 Å². The molecule has 0 saturated heterocycles. The standard InChI is InChI=1S/C15H26ClN3O/c1-4-9-17-12-5-7-15(20,8-6-12)14-13(16)10-18-19(14)11(2)3/h10-12,17,20H,4-9H2,1-3H3. The van der Waals surface area contributed by atoms with Crippen molar-refractivity contribution in [2.45, 2.75) is 70.6 Å². The quantitative estimate of drug-likeness (QED) is 0.877. The van der Waals surface area contributed by atoms with Gasteiger partial charge in [-0.3, -0.25) is 4.68 Å². The van der Waals surface area contributed by atoms with E-state index in [1.165, 1.54) is 0 Å². The number of halogens is 1. The maximum Gasteiger partial charge on any atom is 0.108 e. The molecule has 0 aromatic carbocycles. The minimum absolute atomic E-state index is 0.206. The van der Waals surface area contributed by atoms with Crippen LogP contribution in [0, 0.1) is 0 Å². The predicted molar refractivity (Wildman–Crippen MR) is 82.1 cm³/mol. The molecule has 5 heteroatoms. The van der Waals surface area contributed by atoms with E-state index in [1.807, 2.05) is 4.68 Å². The average molecular weight is 300 g/mol. The number of hydrogen-bond acceptors (Lipinski definition) is 3. The van der Waals surface area contributed by atoms with Gasteiger partial charge in [-0.2, -0.15) is 5.10 Å². The van der Waals surface area contributed by atoms with Crippen LogP contribution in [0.3, 0.4) is 0 Å². The molecule has 20 heavy (non-hydrogen) atoms. The van der Waals surface area contributed by atoms with E-state index in [0.717, 1.165) is 44.3 Å². The molecule has 0 amide bonds. The van der Waals surface area contributed by atoms with E-state index in [9.17, 15) is 5.11 Å². The summed E-state index contributed by atoms with van der Waals surface area (Å²) in [6, 6.07) is 0.724. The van der Waals surface area contributed by atoms with Gasteiger partial charge in [0.25, 0.3) is 0 Å². The van der Waals surface area contributed by atoms with Crippen LogP contribution in [-0.4, -0.2) is 27.5 Å². The molecule has 2 rings (SSSR count). The number of aliphatic hydroxyl groups is 1. The maximum atomic E-state index is 11.0. The highest BCUT2D eigenvalue weighted by Gasteiger charge is 2.39. The van der Waals surface area contributed by atoms with Gasteiger partial charge < -0.3 is 10.4 Å². The summed E-state index contributed by atoms with van der Waals surface area (Å²) in [6.45, 7) is 7.34. The van der Waals surface area contributed by atoms with Crippen molar-refractivity contribution < 1.29 is 5.11 Å². The van der Waals surface area contributed by atoms with E-state index in [-0.39, 0.29) is 6.04 Å². The summed E-state index contributed by atoms with van der Waals surface area (Å²) in [4.78, 5) is 0. The fourth-order valence-corrected chi connectivity index (χ4v) is 3.36. The molecule has 114 valence electrons. The molecular weight excluding hydrogens is 274 g/mol. The second-order valence-electron chi connectivity index (χ2n) is 6.14. The lowest BCUT2D eigenvalue weighted by Gasteiger charge is -2.37. The van der Waals surface area contributed by atoms with E-state index in [1.54, 1.807) is 6.20 Å². The molecule has 2 N–H and O–H groups in total. The number of aromatic nitrogens is 2. The number of nitrogens with zero attached hydrogens (tertiary/aromatic N) is 2. The molecule has 1 saturated carbocycles. The Hall–Kier alpha value is -0.580. The van der Waals surface area contributed by atoms with Crippen LogP contribution in [0.15, 0.2) is 6.20 Å². The van der Waals surface area contributed by atoms with Gasteiger partial charge in [-0.15, -0.1) is 0 Å². The first kappa shape index (κ1) is 15.8. The second kappa shape index (κ2) is 6.46. The molecule has 1 aliphatic carbocycles. The van der Waals surface area contributed by atoms with Crippen LogP contribution in [0.2, 0.25) is 5.02 Å². The van der Waals surface area contributed by atoms with Gasteiger partial charge in [0.05, 0.1) is 16.9 Å². The van der Waals surface area contributed by atoms with E-state index in [0.29, 0.717) is 11.1 Å². The lowest BCUT2D eigenvalue weighted by atomic mass is 9.80. The molecule has 1 heterocycles. The molecule has 0 atom stereocenters. The third kappa shape index (κ3) is 3.18. The van der Waals surface area contributed by atoms with Crippen LogP contribution in [0.25, 0.3) is 0 Å². The Labute approximate surface area is 126 Å². The van der Waals surface area contributed by atoms with Gasteiger partial charge in [0, 0.05) is 12.1 Å². The van der Waals surface area contributed by atoms with Crippen molar-refractivity contribution >= 4 is 11.6 Å². The Morgan fingerprint density at radius 2 is 2.15 bits per heavy atom. The lowest BCUT2D eigenvalue weighted by molar-refractivity contribution is -0.0168. The van der Waals surface area contributed by atoms with Crippen molar-refractivity contribution in [3.05, 3.63) is 16.9 Å². The molecule has 0 radical (unpaired) electrons. The van der Waals surface area contributed by atoms with E-state index in [4.69, 9.17) is 11.6 Å². The van der Waals surface area contributed by atoms with E-state index >= 15 is 0 Å². The van der Waals surface area contributed by atoms with Gasteiger partial charge in [-0.1, -0.05) is 18.5 Å². The Balaban J connectivity index is 2.12. The summed E-state index contributed by atoms with van der Waals surface area (Å²) in [6.07, 6.45) is 6.24.